The van der Waals surface area contributed by atoms with Crippen LogP contribution in [-0.2, 0) is 9.59 Å². The zero-order valence-corrected chi connectivity index (χ0v) is 21.4. The number of para-hydroxylation sites is 1. The number of benzene rings is 2. The average Bonchev–Trinajstić information content (AvgIpc) is 3.40. The molecule has 1 aromatic heterocycles. The number of nitrogens with zero attached hydrogens (tertiary/aromatic N) is 4. The fraction of sp³-hybridized carbons (Fsp3) is 0.276. The fourth-order valence-electron chi connectivity index (χ4n) is 4.53. The van der Waals surface area contributed by atoms with Crippen LogP contribution >= 0.6 is 0 Å². The van der Waals surface area contributed by atoms with E-state index in [1.165, 1.54) is 6.20 Å². The summed E-state index contributed by atoms with van der Waals surface area (Å²) >= 11 is 0. The molecule has 8 nitrogen and oxygen atoms in total. The molecule has 3 aromatic rings. The van der Waals surface area contributed by atoms with Gasteiger partial charge in [-0.2, -0.15) is 5.10 Å². The first kappa shape index (κ1) is 25.9. The number of ether oxygens (including phenoxy) is 1. The molecule has 1 aliphatic heterocycles. The highest BCUT2D eigenvalue weighted by Gasteiger charge is 2.46. The van der Waals surface area contributed by atoms with Crippen LogP contribution in [0.5, 0.6) is 5.75 Å². The highest BCUT2D eigenvalue weighted by atomic mass is 16.5. The largest absolute Gasteiger partial charge is 0.507 e. The summed E-state index contributed by atoms with van der Waals surface area (Å²) in [6.07, 6.45) is 3.87. The van der Waals surface area contributed by atoms with Crippen molar-refractivity contribution in [1.82, 2.24) is 19.6 Å². The zero-order valence-electron chi connectivity index (χ0n) is 21.4. The molecule has 1 fully saturated rings. The molecule has 0 spiro atoms. The predicted molar refractivity (Wildman–Crippen MR) is 143 cm³/mol. The summed E-state index contributed by atoms with van der Waals surface area (Å²) in [5.41, 5.74) is 2.67. The molecule has 1 unspecified atom stereocenters. The number of hydrogen-bond donors (Lipinski definition) is 1. The van der Waals surface area contributed by atoms with Crippen molar-refractivity contribution in [3.8, 4) is 11.4 Å². The number of amides is 1. The maximum absolute atomic E-state index is 13.3. The van der Waals surface area contributed by atoms with Crippen molar-refractivity contribution in [3.63, 3.8) is 0 Å². The monoisotopic (exact) mass is 500 g/mol. The predicted octanol–water partition coefficient (Wildman–Crippen LogP) is 4.12. The van der Waals surface area contributed by atoms with Crippen LogP contribution in [0.1, 0.15) is 29.3 Å². The molecule has 1 atom stereocenters. The maximum atomic E-state index is 13.3. The summed E-state index contributed by atoms with van der Waals surface area (Å²) < 4.78 is 7.29. The standard InChI is InChI=1S/C29H32N4O4/c1-5-18-37-23-14-12-21(13-15-23)26-25(28(35)29(36)32(26)17-9-16-31(3)4)27(34)24-19-30-33(20(24)2)22-10-7-6-8-11-22/h5-8,10-15,19,26,34H,1,9,16-18H2,2-4H3/b27-25+. The molecule has 8 heteroatoms. The van der Waals surface area contributed by atoms with E-state index in [4.69, 9.17) is 4.74 Å². The Kier molecular flexibility index (Phi) is 7.89. The van der Waals surface area contributed by atoms with Crippen LogP contribution in [0.4, 0.5) is 0 Å². The number of likely N-dealkylation sites (tertiary alicyclic amines) is 1. The second kappa shape index (κ2) is 11.3. The van der Waals surface area contributed by atoms with Gasteiger partial charge < -0.3 is 19.6 Å². The Bertz CT molecular complexity index is 1310. The second-order valence-corrected chi connectivity index (χ2v) is 9.21. The van der Waals surface area contributed by atoms with Gasteiger partial charge in [0.05, 0.1) is 34.8 Å². The van der Waals surface area contributed by atoms with Gasteiger partial charge in [-0.25, -0.2) is 4.68 Å². The maximum Gasteiger partial charge on any atom is 0.295 e. The number of ketones is 1. The average molecular weight is 501 g/mol. The third-order valence-corrected chi connectivity index (χ3v) is 6.37. The van der Waals surface area contributed by atoms with E-state index in [0.717, 1.165) is 12.2 Å². The van der Waals surface area contributed by atoms with Crippen LogP contribution in [0, 0.1) is 6.92 Å². The van der Waals surface area contributed by atoms with Gasteiger partial charge in [-0.15, -0.1) is 0 Å². The van der Waals surface area contributed by atoms with Crippen molar-refractivity contribution in [3.05, 3.63) is 95.8 Å². The number of Topliss-reactive ketones (excluding diaryl/α,β-unsaturated/α-hetero) is 1. The van der Waals surface area contributed by atoms with E-state index in [1.807, 2.05) is 68.4 Å². The summed E-state index contributed by atoms with van der Waals surface area (Å²) in [4.78, 5) is 30.1. The van der Waals surface area contributed by atoms with Gasteiger partial charge in [0.15, 0.2) is 0 Å². The summed E-state index contributed by atoms with van der Waals surface area (Å²) in [5, 5.41) is 15.9. The van der Waals surface area contributed by atoms with Crippen molar-refractivity contribution < 1.29 is 19.4 Å². The number of aliphatic hydroxyl groups excluding tert-OH is 1. The molecule has 0 aliphatic carbocycles. The number of carbonyl (C=O) groups excluding carboxylic acids is 2. The van der Waals surface area contributed by atoms with Gasteiger partial charge >= 0.3 is 0 Å². The van der Waals surface area contributed by atoms with Gasteiger partial charge in [0, 0.05) is 6.54 Å². The van der Waals surface area contributed by atoms with Crippen molar-refractivity contribution in [2.45, 2.75) is 19.4 Å². The number of rotatable bonds is 10. The molecule has 0 saturated carbocycles. The van der Waals surface area contributed by atoms with Crippen LogP contribution < -0.4 is 4.74 Å². The molecule has 0 bridgehead atoms. The van der Waals surface area contributed by atoms with Gasteiger partial charge in [-0.1, -0.05) is 43.0 Å². The minimum absolute atomic E-state index is 0.0605. The molecule has 1 amide bonds. The van der Waals surface area contributed by atoms with Gasteiger partial charge in [-0.05, 0) is 63.8 Å². The van der Waals surface area contributed by atoms with Gasteiger partial charge in [0.1, 0.15) is 18.1 Å². The molecule has 192 valence electrons. The summed E-state index contributed by atoms with van der Waals surface area (Å²) in [6.45, 7) is 6.98. The third kappa shape index (κ3) is 5.34. The Balaban J connectivity index is 1.78. The van der Waals surface area contributed by atoms with E-state index in [1.54, 1.807) is 27.8 Å². The highest BCUT2D eigenvalue weighted by Crippen LogP contribution is 2.40. The lowest BCUT2D eigenvalue weighted by Gasteiger charge is -2.26. The molecule has 0 radical (unpaired) electrons. The first-order chi connectivity index (χ1) is 17.8. The third-order valence-electron chi connectivity index (χ3n) is 6.37. The SMILES string of the molecule is C=CCOc1ccc(C2/C(=C(\O)c3cnn(-c4ccccc4)c3C)C(=O)C(=O)N2CCCN(C)C)cc1. The lowest BCUT2D eigenvalue weighted by Crippen LogP contribution is -2.32. The van der Waals surface area contributed by atoms with Crippen molar-refractivity contribution >= 4 is 17.4 Å². The normalized spacial score (nSPS) is 17.0. The lowest BCUT2D eigenvalue weighted by atomic mass is 9.95. The minimum atomic E-state index is -0.727. The molecule has 2 aromatic carbocycles. The number of hydrogen-bond acceptors (Lipinski definition) is 6. The molecule has 1 N–H and O–H groups in total. The van der Waals surface area contributed by atoms with Gasteiger partial charge in [0.25, 0.3) is 11.7 Å². The van der Waals surface area contributed by atoms with E-state index < -0.39 is 17.7 Å². The Morgan fingerprint density at radius 1 is 1.14 bits per heavy atom. The Labute approximate surface area is 217 Å². The van der Waals surface area contributed by atoms with Crippen LogP contribution in [0.25, 0.3) is 11.4 Å². The topological polar surface area (TPSA) is 87.9 Å². The highest BCUT2D eigenvalue weighted by molar-refractivity contribution is 6.46. The van der Waals surface area contributed by atoms with Gasteiger partial charge in [-0.3, -0.25) is 9.59 Å². The molecule has 1 saturated heterocycles. The summed E-state index contributed by atoms with van der Waals surface area (Å²) in [5.74, 6) is -0.907. The summed E-state index contributed by atoms with van der Waals surface area (Å²) in [6, 6.07) is 16.0. The molecule has 37 heavy (non-hydrogen) atoms. The molecule has 1 aliphatic rings. The van der Waals surface area contributed by atoms with Crippen molar-refractivity contribution in [1.29, 1.82) is 0 Å². The van der Waals surface area contributed by atoms with Crippen LogP contribution in [0.3, 0.4) is 0 Å². The van der Waals surface area contributed by atoms with E-state index >= 15 is 0 Å². The van der Waals surface area contributed by atoms with Gasteiger partial charge in [0.2, 0.25) is 0 Å². The van der Waals surface area contributed by atoms with Crippen molar-refractivity contribution in [2.75, 3.05) is 33.8 Å². The van der Waals surface area contributed by atoms with E-state index in [0.29, 0.717) is 42.1 Å². The van der Waals surface area contributed by atoms with Crippen LogP contribution in [0.15, 0.2) is 79.0 Å². The smallest absolute Gasteiger partial charge is 0.295 e. The minimum Gasteiger partial charge on any atom is -0.507 e. The number of aliphatic hydroxyl groups is 1. The second-order valence-electron chi connectivity index (χ2n) is 9.21. The Hall–Kier alpha value is -4.17. The first-order valence-electron chi connectivity index (χ1n) is 12.2. The molecular weight excluding hydrogens is 468 g/mol. The molecular formula is C29H32N4O4. The van der Waals surface area contributed by atoms with E-state index in [2.05, 4.69) is 11.7 Å². The van der Waals surface area contributed by atoms with Crippen LogP contribution in [-0.4, -0.2) is 70.2 Å². The number of aromatic nitrogens is 2. The quantitative estimate of drug-likeness (QED) is 0.195. The first-order valence-corrected chi connectivity index (χ1v) is 12.2. The van der Waals surface area contributed by atoms with E-state index in [-0.39, 0.29) is 11.3 Å². The molecule has 4 rings (SSSR count). The zero-order chi connectivity index (χ0) is 26.5. The lowest BCUT2D eigenvalue weighted by molar-refractivity contribution is -0.139. The van der Waals surface area contributed by atoms with Crippen LogP contribution in [0.2, 0.25) is 0 Å². The Morgan fingerprint density at radius 2 is 1.84 bits per heavy atom. The molecule has 2 heterocycles. The Morgan fingerprint density at radius 3 is 2.49 bits per heavy atom. The van der Waals surface area contributed by atoms with E-state index in [9.17, 15) is 14.7 Å². The fourth-order valence-corrected chi connectivity index (χ4v) is 4.53. The number of carbonyl (C=O) groups is 2. The van der Waals surface area contributed by atoms with Crippen molar-refractivity contribution in [2.24, 2.45) is 0 Å². The summed E-state index contributed by atoms with van der Waals surface area (Å²) in [7, 11) is 3.92.